The summed E-state index contributed by atoms with van der Waals surface area (Å²) in [5.41, 5.74) is 0.551. The molecule has 6 nitrogen and oxygen atoms in total. The number of aromatic nitrogens is 1. The number of hydrogen-bond acceptors (Lipinski definition) is 5. The maximum Gasteiger partial charge on any atom is 0.218 e. The molecule has 1 heterocycles. The van der Waals surface area contributed by atoms with Gasteiger partial charge in [0.15, 0.2) is 0 Å². The second-order valence-corrected chi connectivity index (χ2v) is 3.55. The average Bonchev–Trinajstić information content (AvgIpc) is 2.35. The Bertz CT molecular complexity index is 395. The van der Waals surface area contributed by atoms with Crippen molar-refractivity contribution in [1.82, 2.24) is 4.98 Å². The molecule has 0 saturated carbocycles. The lowest BCUT2D eigenvalue weighted by Crippen LogP contribution is -2.22. The van der Waals surface area contributed by atoms with Crippen molar-refractivity contribution in [2.24, 2.45) is 0 Å². The summed E-state index contributed by atoms with van der Waals surface area (Å²) in [6.07, 6.45) is 0.693. The normalized spacial score (nSPS) is 11.9. The van der Waals surface area contributed by atoms with E-state index in [9.17, 15) is 10.1 Å². The maximum atomic E-state index is 10.8. The molecular formula is C11H16N2O4. The monoisotopic (exact) mass is 240 g/mol. The molecule has 0 aromatic carbocycles. The number of nitro groups is 1. The van der Waals surface area contributed by atoms with E-state index in [0.29, 0.717) is 23.7 Å². The van der Waals surface area contributed by atoms with Gasteiger partial charge in [-0.3, -0.25) is 10.1 Å². The zero-order chi connectivity index (χ0) is 12.8. The van der Waals surface area contributed by atoms with Crippen LogP contribution in [0.3, 0.4) is 0 Å². The Morgan fingerprint density at radius 2 is 2.12 bits per heavy atom. The molecule has 0 saturated heterocycles. The fraction of sp³-hybridized carbons (Fsp3) is 0.545. The molecule has 0 radical (unpaired) electrons. The van der Waals surface area contributed by atoms with Gasteiger partial charge in [-0.05, 0) is 6.07 Å². The van der Waals surface area contributed by atoms with Crippen molar-refractivity contribution in [3.05, 3.63) is 27.9 Å². The van der Waals surface area contributed by atoms with E-state index in [4.69, 9.17) is 9.47 Å². The van der Waals surface area contributed by atoms with Crippen LogP contribution in [0.15, 0.2) is 12.1 Å². The smallest absolute Gasteiger partial charge is 0.218 e. The van der Waals surface area contributed by atoms with Gasteiger partial charge in [0.1, 0.15) is 5.75 Å². The Kier molecular flexibility index (Phi) is 4.68. The number of ether oxygens (including phenoxy) is 2. The quantitative estimate of drug-likeness (QED) is 0.558. The van der Waals surface area contributed by atoms with Gasteiger partial charge in [0.2, 0.25) is 11.9 Å². The number of methoxy groups -OCH3 is 2. The zero-order valence-electron chi connectivity index (χ0n) is 10.2. The summed E-state index contributed by atoms with van der Waals surface area (Å²) in [5.74, 6) is 0.977. The lowest BCUT2D eigenvalue weighted by Gasteiger charge is -2.11. The van der Waals surface area contributed by atoms with Crippen LogP contribution < -0.4 is 9.47 Å². The van der Waals surface area contributed by atoms with E-state index in [1.165, 1.54) is 14.2 Å². The van der Waals surface area contributed by atoms with E-state index in [0.717, 1.165) is 0 Å². The second-order valence-electron chi connectivity index (χ2n) is 3.55. The third kappa shape index (κ3) is 3.30. The number of nitrogens with zero attached hydrogens (tertiary/aromatic N) is 2. The summed E-state index contributed by atoms with van der Waals surface area (Å²) in [6, 6.07) is 2.71. The highest BCUT2D eigenvalue weighted by Gasteiger charge is 2.21. The molecule has 0 aliphatic carbocycles. The molecule has 0 bridgehead atoms. The molecule has 94 valence electrons. The minimum atomic E-state index is -0.650. The first-order chi connectivity index (χ1) is 8.12. The topological polar surface area (TPSA) is 74.5 Å². The summed E-state index contributed by atoms with van der Waals surface area (Å²) in [7, 11) is 3.02. The fourth-order valence-electron chi connectivity index (χ4n) is 1.51. The van der Waals surface area contributed by atoms with Gasteiger partial charge < -0.3 is 9.47 Å². The number of hydrogen-bond donors (Lipinski definition) is 0. The van der Waals surface area contributed by atoms with Crippen molar-refractivity contribution in [2.75, 3.05) is 14.2 Å². The summed E-state index contributed by atoms with van der Waals surface area (Å²) >= 11 is 0. The van der Waals surface area contributed by atoms with Crippen LogP contribution >= 0.6 is 0 Å². The number of pyridine rings is 1. The molecule has 0 fully saturated rings. The molecule has 6 heteroatoms. The SMILES string of the molecule is CCC(Cc1nc(OC)ccc1OC)[N+](=O)[O-]. The Morgan fingerprint density at radius 1 is 1.41 bits per heavy atom. The third-order valence-electron chi connectivity index (χ3n) is 2.53. The summed E-state index contributed by atoms with van der Waals surface area (Å²) in [4.78, 5) is 14.7. The van der Waals surface area contributed by atoms with Gasteiger partial charge in [0.05, 0.1) is 26.3 Å². The van der Waals surface area contributed by atoms with Gasteiger partial charge in [-0.2, -0.15) is 0 Å². The largest absolute Gasteiger partial charge is 0.495 e. The predicted octanol–water partition coefficient (Wildman–Crippen LogP) is 1.70. The minimum absolute atomic E-state index is 0.240. The summed E-state index contributed by atoms with van der Waals surface area (Å²) in [5, 5.41) is 10.8. The number of rotatable bonds is 6. The fourth-order valence-corrected chi connectivity index (χ4v) is 1.51. The van der Waals surface area contributed by atoms with Gasteiger partial charge in [-0.15, -0.1) is 0 Å². The molecule has 0 amide bonds. The van der Waals surface area contributed by atoms with E-state index < -0.39 is 6.04 Å². The molecule has 0 N–H and O–H groups in total. The van der Waals surface area contributed by atoms with Crippen LogP contribution in [0.2, 0.25) is 0 Å². The van der Waals surface area contributed by atoms with Gasteiger partial charge in [-0.1, -0.05) is 6.92 Å². The van der Waals surface area contributed by atoms with Crippen LogP contribution in [0.1, 0.15) is 19.0 Å². The minimum Gasteiger partial charge on any atom is -0.495 e. The van der Waals surface area contributed by atoms with Gasteiger partial charge in [0, 0.05) is 17.4 Å². The Hall–Kier alpha value is -1.85. The van der Waals surface area contributed by atoms with Crippen molar-refractivity contribution < 1.29 is 14.4 Å². The average molecular weight is 240 g/mol. The van der Waals surface area contributed by atoms with Crippen LogP contribution in [-0.4, -0.2) is 30.2 Å². The Morgan fingerprint density at radius 3 is 2.59 bits per heavy atom. The van der Waals surface area contributed by atoms with Crippen molar-refractivity contribution >= 4 is 0 Å². The predicted molar refractivity (Wildman–Crippen MR) is 62.1 cm³/mol. The van der Waals surface area contributed by atoms with Crippen LogP contribution in [0.25, 0.3) is 0 Å². The van der Waals surface area contributed by atoms with Gasteiger partial charge >= 0.3 is 0 Å². The zero-order valence-corrected chi connectivity index (χ0v) is 10.2. The van der Waals surface area contributed by atoms with E-state index in [-0.39, 0.29) is 11.3 Å². The lowest BCUT2D eigenvalue weighted by atomic mass is 10.1. The van der Waals surface area contributed by atoms with Crippen molar-refractivity contribution in [3.63, 3.8) is 0 Å². The van der Waals surface area contributed by atoms with E-state index in [1.54, 1.807) is 19.1 Å². The van der Waals surface area contributed by atoms with Gasteiger partial charge in [-0.25, -0.2) is 4.98 Å². The highest BCUT2D eigenvalue weighted by Crippen LogP contribution is 2.22. The standard InChI is InChI=1S/C11H16N2O4/c1-4-8(13(14)15)7-9-10(16-2)5-6-11(12-9)17-3/h5-6,8H,4,7H2,1-3H3. The molecule has 1 unspecified atom stereocenters. The second kappa shape index (κ2) is 6.03. The van der Waals surface area contributed by atoms with Crippen LogP contribution in [0.5, 0.6) is 11.6 Å². The highest BCUT2D eigenvalue weighted by molar-refractivity contribution is 5.32. The molecule has 0 spiro atoms. The third-order valence-corrected chi connectivity index (χ3v) is 2.53. The molecule has 1 aromatic heterocycles. The Labute approximate surface area is 99.7 Å². The first-order valence-corrected chi connectivity index (χ1v) is 5.33. The molecule has 1 aromatic rings. The van der Waals surface area contributed by atoms with Crippen LogP contribution in [0, 0.1) is 10.1 Å². The van der Waals surface area contributed by atoms with Gasteiger partial charge in [0.25, 0.3) is 0 Å². The molecule has 0 aliphatic heterocycles. The molecular weight excluding hydrogens is 224 g/mol. The summed E-state index contributed by atoms with van der Waals surface area (Å²) in [6.45, 7) is 1.78. The molecule has 1 atom stereocenters. The first-order valence-electron chi connectivity index (χ1n) is 5.33. The van der Waals surface area contributed by atoms with Crippen molar-refractivity contribution in [1.29, 1.82) is 0 Å². The van der Waals surface area contributed by atoms with Crippen LogP contribution in [-0.2, 0) is 6.42 Å². The Balaban J connectivity index is 2.97. The molecule has 0 aliphatic rings. The molecule has 17 heavy (non-hydrogen) atoms. The highest BCUT2D eigenvalue weighted by atomic mass is 16.6. The van der Waals surface area contributed by atoms with E-state index in [1.807, 2.05) is 0 Å². The van der Waals surface area contributed by atoms with E-state index >= 15 is 0 Å². The van der Waals surface area contributed by atoms with Crippen molar-refractivity contribution in [2.45, 2.75) is 25.8 Å². The molecule has 1 rings (SSSR count). The van der Waals surface area contributed by atoms with Crippen LogP contribution in [0.4, 0.5) is 0 Å². The summed E-state index contributed by atoms with van der Waals surface area (Å²) < 4.78 is 10.1. The first kappa shape index (κ1) is 13.2. The lowest BCUT2D eigenvalue weighted by molar-refractivity contribution is -0.522. The van der Waals surface area contributed by atoms with Crippen molar-refractivity contribution in [3.8, 4) is 11.6 Å². The maximum absolute atomic E-state index is 10.8. The van der Waals surface area contributed by atoms with E-state index in [2.05, 4.69) is 4.98 Å².